The van der Waals surface area contributed by atoms with Gasteiger partial charge in [0.2, 0.25) is 0 Å². The number of aromatic amines is 1. The minimum Gasteiger partial charge on any atom is -0.379 e. The van der Waals surface area contributed by atoms with Gasteiger partial charge in [0.15, 0.2) is 6.23 Å². The van der Waals surface area contributed by atoms with Crippen LogP contribution in [0, 0.1) is 11.3 Å². The maximum atomic E-state index is 12.6. The van der Waals surface area contributed by atoms with Crippen molar-refractivity contribution in [3.63, 3.8) is 0 Å². The van der Waals surface area contributed by atoms with E-state index in [0.29, 0.717) is 26.3 Å². The first-order chi connectivity index (χ1) is 17.8. The summed E-state index contributed by atoms with van der Waals surface area (Å²) >= 11 is 0. The van der Waals surface area contributed by atoms with Gasteiger partial charge in [-0.1, -0.05) is 0 Å². The van der Waals surface area contributed by atoms with E-state index in [-0.39, 0.29) is 31.7 Å². The minimum atomic E-state index is -1.62. The van der Waals surface area contributed by atoms with E-state index in [1.807, 2.05) is 32.8 Å². The summed E-state index contributed by atoms with van der Waals surface area (Å²) in [4.78, 5) is 32.5. The molecule has 1 N–H and O–H groups in total. The van der Waals surface area contributed by atoms with E-state index < -0.39 is 44.3 Å². The van der Waals surface area contributed by atoms with Gasteiger partial charge in [-0.05, 0) is 27.7 Å². The second-order valence-corrected chi connectivity index (χ2v) is 10.6. The summed E-state index contributed by atoms with van der Waals surface area (Å²) in [5.41, 5.74) is -1.13. The molecule has 208 valence electrons. The summed E-state index contributed by atoms with van der Waals surface area (Å²) in [5.74, 6) is 0. The second-order valence-electron chi connectivity index (χ2n) is 9.24. The lowest BCUT2D eigenvalue weighted by molar-refractivity contribution is -0.217. The van der Waals surface area contributed by atoms with Crippen LogP contribution in [-0.2, 0) is 28.1 Å². The zero-order valence-electron chi connectivity index (χ0n) is 22.1. The highest BCUT2D eigenvalue weighted by atomic mass is 31.2. The Morgan fingerprint density at radius 1 is 1.22 bits per heavy atom. The van der Waals surface area contributed by atoms with Crippen LogP contribution < -0.4 is 11.2 Å². The van der Waals surface area contributed by atoms with Crippen molar-refractivity contribution in [1.29, 1.82) is 5.26 Å². The van der Waals surface area contributed by atoms with Gasteiger partial charge < -0.3 is 23.3 Å². The molecule has 0 saturated carbocycles. The zero-order chi connectivity index (χ0) is 26.9. The van der Waals surface area contributed by atoms with Crippen LogP contribution in [0.2, 0.25) is 0 Å². The average molecular weight is 544 g/mol. The number of hydroxylamine groups is 2. The fourth-order valence-electron chi connectivity index (χ4n) is 4.32. The monoisotopic (exact) mass is 543 g/mol. The van der Waals surface area contributed by atoms with E-state index in [1.165, 1.54) is 23.9 Å². The smallest absolute Gasteiger partial charge is 0.330 e. The largest absolute Gasteiger partial charge is 0.379 e. The fraction of sp³-hybridized carbons (Fsp3) is 0.783. The van der Waals surface area contributed by atoms with E-state index in [4.69, 9.17) is 33.4 Å². The van der Waals surface area contributed by atoms with E-state index >= 15 is 0 Å². The first-order valence-corrected chi connectivity index (χ1v) is 13.6. The van der Waals surface area contributed by atoms with Gasteiger partial charge in [0.05, 0.1) is 38.9 Å². The number of hydrogen-bond acceptors (Lipinski definition) is 11. The molecule has 0 aliphatic carbocycles. The van der Waals surface area contributed by atoms with E-state index in [2.05, 4.69) is 15.7 Å². The Balaban J connectivity index is 1.90. The van der Waals surface area contributed by atoms with Crippen LogP contribution in [0.3, 0.4) is 0 Å². The number of aromatic nitrogens is 2. The van der Waals surface area contributed by atoms with Crippen LogP contribution >= 0.6 is 8.53 Å². The lowest BCUT2D eigenvalue weighted by Gasteiger charge is -2.38. The topological polar surface area (TPSA) is 141 Å². The van der Waals surface area contributed by atoms with Crippen molar-refractivity contribution in [2.45, 2.75) is 70.7 Å². The molecule has 3 rings (SSSR count). The number of H-pyrrole nitrogens is 1. The molecule has 0 spiro atoms. The maximum absolute atomic E-state index is 12.6. The van der Waals surface area contributed by atoms with Crippen molar-refractivity contribution in [1.82, 2.24) is 19.3 Å². The van der Waals surface area contributed by atoms with Crippen LogP contribution in [0.1, 0.15) is 40.3 Å². The van der Waals surface area contributed by atoms with Crippen molar-refractivity contribution in [2.75, 3.05) is 46.6 Å². The van der Waals surface area contributed by atoms with Gasteiger partial charge in [-0.3, -0.25) is 19.2 Å². The SMILES string of the molecule is COC1C(OP(OCCC#N)N(C(C)C)C(C)C)[C@@H](CON2CCOCC2)O[C@H]1n1ccc(=O)[nH]c1=O. The van der Waals surface area contributed by atoms with E-state index in [9.17, 15) is 9.59 Å². The third kappa shape index (κ3) is 7.89. The first-order valence-electron chi connectivity index (χ1n) is 12.5. The summed E-state index contributed by atoms with van der Waals surface area (Å²) in [6.45, 7) is 10.9. The standard InChI is InChI=1S/C23H38N5O8P/c1-16(2)28(17(3)4)37(34-12-6-8-24)36-20-18(15-33-26-10-13-32-14-11-26)35-22(21(20)31-5)27-9-7-19(29)25-23(27)30/h7,9,16-18,20-22H,6,10-15H2,1-5H3,(H,25,29,30)/t18-,20?,21?,22-,37?/m1/s1. The molecule has 5 atom stereocenters. The zero-order valence-corrected chi connectivity index (χ0v) is 23.0. The number of nitrogens with zero attached hydrogens (tertiary/aromatic N) is 4. The molecule has 37 heavy (non-hydrogen) atoms. The number of nitriles is 1. The quantitative estimate of drug-likeness (QED) is 0.285. The third-order valence-electron chi connectivity index (χ3n) is 5.95. The van der Waals surface area contributed by atoms with Crippen LogP contribution in [0.5, 0.6) is 0 Å². The van der Waals surface area contributed by atoms with Crippen molar-refractivity contribution in [3.05, 3.63) is 33.1 Å². The second kappa shape index (κ2) is 14.4. The van der Waals surface area contributed by atoms with Gasteiger partial charge in [0.1, 0.15) is 18.3 Å². The molecule has 2 saturated heterocycles. The maximum Gasteiger partial charge on any atom is 0.330 e. The molecule has 2 fully saturated rings. The highest BCUT2D eigenvalue weighted by Crippen LogP contribution is 2.50. The van der Waals surface area contributed by atoms with E-state index in [1.54, 1.807) is 0 Å². The molecule has 3 unspecified atom stereocenters. The van der Waals surface area contributed by atoms with Crippen molar-refractivity contribution in [2.24, 2.45) is 0 Å². The summed E-state index contributed by atoms with van der Waals surface area (Å²) in [6, 6.07) is 3.54. The Kier molecular flexibility index (Phi) is 11.6. The summed E-state index contributed by atoms with van der Waals surface area (Å²) < 4.78 is 33.6. The molecule has 0 amide bonds. The molecule has 0 aromatic carbocycles. The van der Waals surface area contributed by atoms with Gasteiger partial charge in [-0.2, -0.15) is 10.3 Å². The van der Waals surface area contributed by atoms with Gasteiger partial charge in [0.25, 0.3) is 14.1 Å². The first kappa shape index (κ1) is 29.8. The Morgan fingerprint density at radius 2 is 1.92 bits per heavy atom. The number of nitrogens with one attached hydrogen (secondary N) is 1. The summed E-state index contributed by atoms with van der Waals surface area (Å²) in [6.07, 6.45) is -1.29. The Hall–Kier alpha value is -1.72. The molecule has 2 aliphatic rings. The van der Waals surface area contributed by atoms with Crippen molar-refractivity contribution < 1.29 is 28.1 Å². The summed E-state index contributed by atoms with van der Waals surface area (Å²) in [5, 5.41) is 10.8. The van der Waals surface area contributed by atoms with Crippen molar-refractivity contribution in [3.8, 4) is 6.07 Å². The lowest BCUT2D eigenvalue weighted by Crippen LogP contribution is -2.43. The molecule has 0 bridgehead atoms. The highest BCUT2D eigenvalue weighted by molar-refractivity contribution is 7.44. The Bertz CT molecular complexity index is 984. The predicted molar refractivity (Wildman–Crippen MR) is 134 cm³/mol. The molecule has 13 nitrogen and oxygen atoms in total. The number of hydrogen-bond donors (Lipinski definition) is 1. The van der Waals surface area contributed by atoms with Crippen LogP contribution in [0.15, 0.2) is 21.9 Å². The molecule has 0 radical (unpaired) electrons. The molecule has 2 aliphatic heterocycles. The van der Waals surface area contributed by atoms with Gasteiger partial charge in [-0.15, -0.1) is 0 Å². The van der Waals surface area contributed by atoms with Gasteiger partial charge in [-0.25, -0.2) is 9.46 Å². The van der Waals surface area contributed by atoms with Crippen molar-refractivity contribution >= 4 is 8.53 Å². The van der Waals surface area contributed by atoms with Gasteiger partial charge >= 0.3 is 5.69 Å². The Morgan fingerprint density at radius 3 is 2.51 bits per heavy atom. The molecular weight excluding hydrogens is 505 g/mol. The highest BCUT2D eigenvalue weighted by Gasteiger charge is 2.50. The number of methoxy groups -OCH3 is 1. The number of ether oxygens (including phenoxy) is 3. The Labute approximate surface area is 218 Å². The molecule has 3 heterocycles. The molecule has 1 aromatic rings. The van der Waals surface area contributed by atoms with Crippen LogP contribution in [-0.4, -0.2) is 96.3 Å². The van der Waals surface area contributed by atoms with Crippen LogP contribution in [0.4, 0.5) is 0 Å². The van der Waals surface area contributed by atoms with E-state index in [0.717, 1.165) is 0 Å². The molecule has 1 aromatic heterocycles. The summed E-state index contributed by atoms with van der Waals surface area (Å²) in [7, 11) is -0.108. The number of morpholine rings is 1. The fourth-order valence-corrected chi connectivity index (χ4v) is 6.09. The lowest BCUT2D eigenvalue weighted by atomic mass is 10.1. The van der Waals surface area contributed by atoms with Crippen LogP contribution in [0.25, 0.3) is 0 Å². The average Bonchev–Trinajstić information content (AvgIpc) is 3.19. The van der Waals surface area contributed by atoms with Gasteiger partial charge in [0, 0.05) is 44.5 Å². The molecular formula is C23H38N5O8P. The third-order valence-corrected chi connectivity index (χ3v) is 8.08. The normalized spacial score (nSPS) is 25.7. The predicted octanol–water partition coefficient (Wildman–Crippen LogP) is 1.37. The number of rotatable bonds is 13. The molecule has 14 heteroatoms. The minimum absolute atomic E-state index is 0.0946.